The minimum Gasteiger partial charge on any atom is -0.248 e. The van der Waals surface area contributed by atoms with E-state index in [0.29, 0.717) is 0 Å². The maximum absolute atomic E-state index is 4.85. The molecule has 0 heterocycles. The fourth-order valence-corrected chi connectivity index (χ4v) is 2.30. The average molecular weight is 283 g/mol. The third-order valence-corrected chi connectivity index (χ3v) is 3.46. The van der Waals surface area contributed by atoms with Gasteiger partial charge in [-0.3, -0.25) is 0 Å². The first-order valence-electron chi connectivity index (χ1n) is 7.29. The van der Waals surface area contributed by atoms with Crippen molar-refractivity contribution < 1.29 is 0 Å². The molecular weight excluding hydrogens is 266 g/mol. The van der Waals surface area contributed by atoms with Crippen LogP contribution in [-0.4, -0.2) is 5.71 Å². The van der Waals surface area contributed by atoms with Gasteiger partial charge in [-0.25, -0.2) is 4.99 Å². The Morgan fingerprint density at radius 3 is 1.82 bits per heavy atom. The molecule has 106 valence electrons. The van der Waals surface area contributed by atoms with Crippen molar-refractivity contribution >= 4 is 17.5 Å². The lowest BCUT2D eigenvalue weighted by atomic mass is 10.0. The van der Waals surface area contributed by atoms with Crippen LogP contribution in [0.5, 0.6) is 0 Å². The SMILES string of the molecule is C=Cc1ccc(C(=Nc2ccccc2)c2ccccc2)cc1. The predicted molar refractivity (Wildman–Crippen MR) is 94.7 cm³/mol. The standard InChI is InChI=1S/C21H17N/c1-2-17-13-15-19(16-14-17)21(18-9-5-3-6-10-18)22-20-11-7-4-8-12-20/h2-16H,1H2. The Morgan fingerprint density at radius 2 is 1.23 bits per heavy atom. The highest BCUT2D eigenvalue weighted by Crippen LogP contribution is 2.18. The molecule has 0 aromatic heterocycles. The van der Waals surface area contributed by atoms with Gasteiger partial charge in [0.1, 0.15) is 0 Å². The van der Waals surface area contributed by atoms with E-state index < -0.39 is 0 Å². The summed E-state index contributed by atoms with van der Waals surface area (Å²) in [5, 5.41) is 0. The molecule has 0 bridgehead atoms. The summed E-state index contributed by atoms with van der Waals surface area (Å²) >= 11 is 0. The minimum atomic E-state index is 0.953. The Hall–Kier alpha value is -2.93. The zero-order chi connectivity index (χ0) is 15.2. The Balaban J connectivity index is 2.10. The summed E-state index contributed by atoms with van der Waals surface area (Å²) in [5.74, 6) is 0. The van der Waals surface area contributed by atoms with Crippen molar-refractivity contribution in [3.8, 4) is 0 Å². The van der Waals surface area contributed by atoms with E-state index in [1.54, 1.807) is 0 Å². The summed E-state index contributed by atoms with van der Waals surface area (Å²) < 4.78 is 0. The lowest BCUT2D eigenvalue weighted by Crippen LogP contribution is -2.02. The summed E-state index contributed by atoms with van der Waals surface area (Å²) in [6.07, 6.45) is 1.85. The molecule has 0 unspecified atom stereocenters. The molecule has 0 aliphatic carbocycles. The molecule has 1 heteroatoms. The van der Waals surface area contributed by atoms with E-state index in [1.807, 2.05) is 54.6 Å². The van der Waals surface area contributed by atoms with E-state index >= 15 is 0 Å². The second kappa shape index (κ2) is 6.68. The minimum absolute atomic E-state index is 0.953. The first-order valence-corrected chi connectivity index (χ1v) is 7.29. The van der Waals surface area contributed by atoms with Crippen molar-refractivity contribution in [2.24, 2.45) is 4.99 Å². The fraction of sp³-hybridized carbons (Fsp3) is 0. The molecule has 3 rings (SSSR count). The lowest BCUT2D eigenvalue weighted by Gasteiger charge is -2.08. The number of benzene rings is 3. The van der Waals surface area contributed by atoms with Crippen molar-refractivity contribution in [3.63, 3.8) is 0 Å². The van der Waals surface area contributed by atoms with Crippen LogP contribution < -0.4 is 0 Å². The second-order valence-electron chi connectivity index (χ2n) is 4.99. The van der Waals surface area contributed by atoms with Gasteiger partial charge in [0.25, 0.3) is 0 Å². The Labute approximate surface area is 131 Å². The number of hydrogen-bond donors (Lipinski definition) is 0. The largest absolute Gasteiger partial charge is 0.248 e. The third kappa shape index (κ3) is 3.21. The van der Waals surface area contributed by atoms with Gasteiger partial charge >= 0.3 is 0 Å². The molecule has 0 saturated heterocycles. The van der Waals surface area contributed by atoms with E-state index in [2.05, 4.69) is 43.0 Å². The normalized spacial score (nSPS) is 11.2. The third-order valence-electron chi connectivity index (χ3n) is 3.46. The van der Waals surface area contributed by atoms with Crippen molar-refractivity contribution in [1.82, 2.24) is 0 Å². The van der Waals surface area contributed by atoms with Crippen LogP contribution in [0.3, 0.4) is 0 Å². The molecule has 0 saturated carbocycles. The second-order valence-corrected chi connectivity index (χ2v) is 4.99. The van der Waals surface area contributed by atoms with Gasteiger partial charge in [-0.2, -0.15) is 0 Å². The summed E-state index contributed by atoms with van der Waals surface area (Å²) in [6.45, 7) is 3.80. The smallest absolute Gasteiger partial charge is 0.0781 e. The van der Waals surface area contributed by atoms with Crippen LogP contribution in [0.15, 0.2) is 96.5 Å². The maximum atomic E-state index is 4.85. The summed E-state index contributed by atoms with van der Waals surface area (Å²) in [5.41, 5.74) is 5.24. The molecule has 0 N–H and O–H groups in total. The van der Waals surface area contributed by atoms with Crippen LogP contribution in [0.4, 0.5) is 5.69 Å². The van der Waals surface area contributed by atoms with Crippen LogP contribution in [0.25, 0.3) is 6.08 Å². The van der Waals surface area contributed by atoms with Gasteiger partial charge in [0.05, 0.1) is 11.4 Å². The highest BCUT2D eigenvalue weighted by molar-refractivity contribution is 6.14. The molecule has 0 spiro atoms. The van der Waals surface area contributed by atoms with Crippen LogP contribution in [0.2, 0.25) is 0 Å². The predicted octanol–water partition coefficient (Wildman–Crippen LogP) is 5.50. The van der Waals surface area contributed by atoms with Crippen LogP contribution >= 0.6 is 0 Å². The fourth-order valence-electron chi connectivity index (χ4n) is 2.30. The Kier molecular flexibility index (Phi) is 4.26. The van der Waals surface area contributed by atoms with Gasteiger partial charge < -0.3 is 0 Å². The number of rotatable bonds is 4. The average Bonchev–Trinajstić information content (AvgIpc) is 2.61. The van der Waals surface area contributed by atoms with Crippen LogP contribution in [0.1, 0.15) is 16.7 Å². The van der Waals surface area contributed by atoms with Gasteiger partial charge in [0.15, 0.2) is 0 Å². The van der Waals surface area contributed by atoms with Gasteiger partial charge in [-0.1, -0.05) is 85.5 Å². The zero-order valence-corrected chi connectivity index (χ0v) is 12.3. The number of nitrogens with zero attached hydrogens (tertiary/aromatic N) is 1. The van der Waals surface area contributed by atoms with E-state index in [4.69, 9.17) is 4.99 Å². The molecule has 0 radical (unpaired) electrons. The van der Waals surface area contributed by atoms with Gasteiger partial charge in [0.2, 0.25) is 0 Å². The summed E-state index contributed by atoms with van der Waals surface area (Å²) in [7, 11) is 0. The topological polar surface area (TPSA) is 12.4 Å². The molecule has 3 aromatic carbocycles. The molecule has 0 aliphatic rings. The van der Waals surface area contributed by atoms with Crippen molar-refractivity contribution in [2.75, 3.05) is 0 Å². The van der Waals surface area contributed by atoms with Gasteiger partial charge in [0, 0.05) is 11.1 Å². The Bertz CT molecular complexity index is 769. The van der Waals surface area contributed by atoms with Crippen molar-refractivity contribution in [1.29, 1.82) is 0 Å². The highest BCUT2D eigenvalue weighted by Gasteiger charge is 2.07. The first kappa shape index (κ1) is 14.0. The summed E-state index contributed by atoms with van der Waals surface area (Å²) in [4.78, 5) is 4.85. The highest BCUT2D eigenvalue weighted by atomic mass is 14.7. The van der Waals surface area contributed by atoms with E-state index in [-0.39, 0.29) is 0 Å². The monoisotopic (exact) mass is 283 g/mol. The number of para-hydroxylation sites is 1. The summed E-state index contributed by atoms with van der Waals surface area (Å²) in [6, 6.07) is 28.6. The maximum Gasteiger partial charge on any atom is 0.0781 e. The van der Waals surface area contributed by atoms with Crippen molar-refractivity contribution in [2.45, 2.75) is 0 Å². The molecule has 0 amide bonds. The molecule has 1 nitrogen and oxygen atoms in total. The van der Waals surface area contributed by atoms with Gasteiger partial charge in [-0.15, -0.1) is 0 Å². The van der Waals surface area contributed by atoms with E-state index in [9.17, 15) is 0 Å². The first-order chi connectivity index (χ1) is 10.9. The van der Waals surface area contributed by atoms with Gasteiger partial charge in [-0.05, 0) is 17.7 Å². The number of aliphatic imine (C=N–C) groups is 1. The Morgan fingerprint density at radius 1 is 0.682 bits per heavy atom. The van der Waals surface area contributed by atoms with Crippen LogP contribution in [0, 0.1) is 0 Å². The molecule has 3 aromatic rings. The molecule has 0 fully saturated rings. The molecule has 0 aliphatic heterocycles. The number of hydrogen-bond acceptors (Lipinski definition) is 1. The zero-order valence-electron chi connectivity index (χ0n) is 12.3. The molecule has 0 atom stereocenters. The lowest BCUT2D eigenvalue weighted by molar-refractivity contribution is 1.47. The van der Waals surface area contributed by atoms with E-state index in [0.717, 1.165) is 28.1 Å². The quantitative estimate of drug-likeness (QED) is 0.561. The molecular formula is C21H17N. The van der Waals surface area contributed by atoms with Crippen molar-refractivity contribution in [3.05, 3.63) is 108 Å². The van der Waals surface area contributed by atoms with Crippen LogP contribution in [-0.2, 0) is 0 Å². The molecule has 22 heavy (non-hydrogen) atoms. The van der Waals surface area contributed by atoms with E-state index in [1.165, 1.54) is 0 Å².